The van der Waals surface area contributed by atoms with Crippen LogP contribution in [0.5, 0.6) is 0 Å². The molecule has 4 heteroatoms. The third-order valence-electron chi connectivity index (χ3n) is 3.00. The maximum atomic E-state index is 5.95. The first-order valence-electron chi connectivity index (χ1n) is 5.83. The van der Waals surface area contributed by atoms with Crippen molar-refractivity contribution in [2.75, 3.05) is 11.9 Å². The molecule has 2 rings (SSSR count). The molecule has 2 nitrogen and oxygen atoms in total. The number of rotatable bonds is 3. The molecular formula is C13H17Br2NO. The van der Waals surface area contributed by atoms with Gasteiger partial charge < -0.3 is 10.1 Å². The molecule has 1 aromatic rings. The third kappa shape index (κ3) is 3.70. The molecule has 1 aliphatic heterocycles. The summed E-state index contributed by atoms with van der Waals surface area (Å²) in [6, 6.07) is 6.13. The molecule has 0 radical (unpaired) electrons. The average molecular weight is 363 g/mol. The molecule has 1 aromatic carbocycles. The first-order chi connectivity index (χ1) is 7.96. The number of ether oxygens (including phenoxy) is 1. The smallest absolute Gasteiger partial charge is 0.0755 e. The van der Waals surface area contributed by atoms with Crippen LogP contribution in [0, 0.1) is 0 Å². The molecule has 0 bridgehead atoms. The van der Waals surface area contributed by atoms with Crippen molar-refractivity contribution in [3.05, 3.63) is 27.1 Å². The summed E-state index contributed by atoms with van der Waals surface area (Å²) >= 11 is 7.01. The molecule has 0 aliphatic carbocycles. The highest BCUT2D eigenvalue weighted by Gasteiger charge is 2.31. The number of nitrogens with one attached hydrogen (secondary N) is 1. The predicted octanol–water partition coefficient (Wildman–Crippen LogP) is 4.58. The highest BCUT2D eigenvalue weighted by atomic mass is 79.9. The van der Waals surface area contributed by atoms with Crippen LogP contribution in [0.2, 0.25) is 0 Å². The number of anilines is 1. The fourth-order valence-corrected chi connectivity index (χ4v) is 2.83. The van der Waals surface area contributed by atoms with Crippen molar-refractivity contribution >= 4 is 37.5 Å². The fraction of sp³-hybridized carbons (Fsp3) is 0.538. The van der Waals surface area contributed by atoms with Crippen LogP contribution in [-0.2, 0) is 4.74 Å². The minimum absolute atomic E-state index is 0.0425. The number of benzene rings is 1. The average Bonchev–Trinajstić information content (AvgIpc) is 2.60. The molecule has 1 heterocycles. The molecule has 0 spiro atoms. The van der Waals surface area contributed by atoms with Crippen molar-refractivity contribution in [2.24, 2.45) is 0 Å². The molecule has 1 aliphatic rings. The van der Waals surface area contributed by atoms with E-state index in [4.69, 9.17) is 4.74 Å². The van der Waals surface area contributed by atoms with Gasteiger partial charge in [0.15, 0.2) is 0 Å². The maximum absolute atomic E-state index is 5.95. The lowest BCUT2D eigenvalue weighted by Crippen LogP contribution is -2.24. The zero-order chi connectivity index (χ0) is 12.5. The van der Waals surface area contributed by atoms with Crippen molar-refractivity contribution in [2.45, 2.75) is 38.4 Å². The largest absolute Gasteiger partial charge is 0.381 e. The van der Waals surface area contributed by atoms with Crippen molar-refractivity contribution in [3.8, 4) is 0 Å². The zero-order valence-corrected chi connectivity index (χ0v) is 13.3. The minimum Gasteiger partial charge on any atom is -0.381 e. The first kappa shape index (κ1) is 13.4. The van der Waals surface area contributed by atoms with Crippen LogP contribution < -0.4 is 5.32 Å². The highest BCUT2D eigenvalue weighted by molar-refractivity contribution is 9.11. The van der Waals surface area contributed by atoms with Crippen LogP contribution in [0.15, 0.2) is 27.1 Å². The Morgan fingerprint density at radius 1 is 1.41 bits per heavy atom. The molecule has 0 amide bonds. The van der Waals surface area contributed by atoms with E-state index in [1.165, 1.54) is 0 Å². The predicted molar refractivity (Wildman–Crippen MR) is 78.5 cm³/mol. The maximum Gasteiger partial charge on any atom is 0.0755 e. The van der Waals surface area contributed by atoms with E-state index in [2.05, 4.69) is 57.1 Å². The van der Waals surface area contributed by atoms with Gasteiger partial charge in [-0.05, 0) is 60.8 Å². The summed E-state index contributed by atoms with van der Waals surface area (Å²) < 4.78 is 8.11. The number of hydrogen-bond acceptors (Lipinski definition) is 2. The van der Waals surface area contributed by atoms with E-state index >= 15 is 0 Å². The quantitative estimate of drug-likeness (QED) is 0.849. The molecule has 17 heavy (non-hydrogen) atoms. The second-order valence-electron chi connectivity index (χ2n) is 5.04. The van der Waals surface area contributed by atoms with E-state index in [1.54, 1.807) is 0 Å². The van der Waals surface area contributed by atoms with Crippen molar-refractivity contribution in [1.29, 1.82) is 0 Å². The van der Waals surface area contributed by atoms with E-state index < -0.39 is 0 Å². The van der Waals surface area contributed by atoms with Gasteiger partial charge in [0, 0.05) is 21.2 Å². The van der Waals surface area contributed by atoms with E-state index in [0.29, 0.717) is 6.10 Å². The van der Waals surface area contributed by atoms with Gasteiger partial charge in [-0.2, -0.15) is 0 Å². The van der Waals surface area contributed by atoms with Gasteiger partial charge in [0.25, 0.3) is 0 Å². The van der Waals surface area contributed by atoms with Crippen LogP contribution >= 0.6 is 31.9 Å². The van der Waals surface area contributed by atoms with Crippen LogP contribution in [0.4, 0.5) is 5.69 Å². The Kier molecular flexibility index (Phi) is 4.16. The lowest BCUT2D eigenvalue weighted by molar-refractivity contribution is -0.00911. The normalized spacial score (nSPS) is 22.7. The van der Waals surface area contributed by atoms with Gasteiger partial charge in [-0.1, -0.05) is 15.9 Å². The number of halogens is 2. The van der Waals surface area contributed by atoms with Gasteiger partial charge in [-0.25, -0.2) is 0 Å². The fourth-order valence-electron chi connectivity index (χ4n) is 2.08. The van der Waals surface area contributed by atoms with E-state index in [1.807, 2.05) is 12.1 Å². The summed E-state index contributed by atoms with van der Waals surface area (Å²) in [7, 11) is 0. The second kappa shape index (κ2) is 5.29. The van der Waals surface area contributed by atoms with E-state index in [9.17, 15) is 0 Å². The van der Waals surface area contributed by atoms with Crippen molar-refractivity contribution in [1.82, 2.24) is 0 Å². The standard InChI is InChI=1S/C13H17Br2NO/c1-13(2)6-5-10(17-13)8-16-12-7-9(14)3-4-11(12)15/h3-4,7,10,16H,5-6,8H2,1-2H3. The number of hydrogen-bond donors (Lipinski definition) is 1. The zero-order valence-electron chi connectivity index (χ0n) is 10.1. The van der Waals surface area contributed by atoms with Crippen LogP contribution in [-0.4, -0.2) is 18.2 Å². The van der Waals surface area contributed by atoms with Gasteiger partial charge in [0.05, 0.1) is 11.7 Å². The molecule has 94 valence electrons. The Morgan fingerprint density at radius 2 is 2.18 bits per heavy atom. The molecule has 1 saturated heterocycles. The second-order valence-corrected chi connectivity index (χ2v) is 6.81. The summed E-state index contributed by atoms with van der Waals surface area (Å²) in [5.74, 6) is 0. The van der Waals surface area contributed by atoms with Gasteiger partial charge in [0.1, 0.15) is 0 Å². The van der Waals surface area contributed by atoms with Crippen LogP contribution in [0.25, 0.3) is 0 Å². The van der Waals surface area contributed by atoms with Crippen molar-refractivity contribution < 1.29 is 4.74 Å². The summed E-state index contributed by atoms with van der Waals surface area (Å²) in [6.07, 6.45) is 2.58. The topological polar surface area (TPSA) is 21.3 Å². The summed E-state index contributed by atoms with van der Waals surface area (Å²) in [6.45, 7) is 5.17. The molecule has 1 N–H and O–H groups in total. The molecule has 1 unspecified atom stereocenters. The summed E-state index contributed by atoms with van der Waals surface area (Å²) in [4.78, 5) is 0. The molecule has 0 saturated carbocycles. The Morgan fingerprint density at radius 3 is 2.82 bits per heavy atom. The lowest BCUT2D eigenvalue weighted by Gasteiger charge is -2.20. The Bertz CT molecular complexity index is 406. The van der Waals surface area contributed by atoms with Gasteiger partial charge in [-0.15, -0.1) is 0 Å². The lowest BCUT2D eigenvalue weighted by atomic mass is 10.1. The summed E-state index contributed by atoms with van der Waals surface area (Å²) in [5, 5.41) is 3.43. The Balaban J connectivity index is 1.92. The van der Waals surface area contributed by atoms with Gasteiger partial charge in [0.2, 0.25) is 0 Å². The Hall–Kier alpha value is -0.0600. The Labute approximate surface area is 119 Å². The first-order valence-corrected chi connectivity index (χ1v) is 7.42. The van der Waals surface area contributed by atoms with Gasteiger partial charge in [-0.3, -0.25) is 0 Å². The third-order valence-corrected chi connectivity index (χ3v) is 4.19. The molecule has 1 fully saturated rings. The molecule has 1 atom stereocenters. The van der Waals surface area contributed by atoms with E-state index in [0.717, 1.165) is 34.0 Å². The van der Waals surface area contributed by atoms with Crippen LogP contribution in [0.3, 0.4) is 0 Å². The molecule has 0 aromatic heterocycles. The van der Waals surface area contributed by atoms with Crippen molar-refractivity contribution in [3.63, 3.8) is 0 Å². The molecular weight excluding hydrogens is 346 g/mol. The van der Waals surface area contributed by atoms with Crippen LogP contribution in [0.1, 0.15) is 26.7 Å². The monoisotopic (exact) mass is 361 g/mol. The van der Waals surface area contributed by atoms with Gasteiger partial charge >= 0.3 is 0 Å². The van der Waals surface area contributed by atoms with E-state index in [-0.39, 0.29) is 5.60 Å². The highest BCUT2D eigenvalue weighted by Crippen LogP contribution is 2.31. The minimum atomic E-state index is 0.0425. The summed E-state index contributed by atoms with van der Waals surface area (Å²) in [5.41, 5.74) is 1.15. The SMILES string of the molecule is CC1(C)CCC(CNc2cc(Br)ccc2Br)O1.